The Hall–Kier alpha value is -2.01. The Bertz CT molecular complexity index is 882. The van der Waals surface area contributed by atoms with E-state index in [1.165, 1.54) is 39.8 Å². The van der Waals surface area contributed by atoms with E-state index in [2.05, 4.69) is 41.5 Å². The molecule has 112 valence electrons. The molecule has 1 aliphatic carbocycles. The lowest BCUT2D eigenvalue weighted by Crippen LogP contribution is -1.97. The third-order valence-electron chi connectivity index (χ3n) is 4.48. The summed E-state index contributed by atoms with van der Waals surface area (Å²) >= 11 is 1.62. The van der Waals surface area contributed by atoms with E-state index in [0.717, 1.165) is 28.5 Å². The summed E-state index contributed by atoms with van der Waals surface area (Å²) in [7, 11) is 1.88. The molecule has 1 aliphatic rings. The van der Waals surface area contributed by atoms with Crippen LogP contribution in [0.25, 0.3) is 21.5 Å². The molecule has 4 nitrogen and oxygen atoms in total. The van der Waals surface area contributed by atoms with Crippen LogP contribution < -0.4 is 5.32 Å². The van der Waals surface area contributed by atoms with Crippen molar-refractivity contribution < 1.29 is 0 Å². The number of aromatic nitrogens is 3. The minimum atomic E-state index is 0.857. The zero-order valence-corrected chi connectivity index (χ0v) is 13.8. The first-order chi connectivity index (χ1) is 10.7. The van der Waals surface area contributed by atoms with Crippen LogP contribution in [0.3, 0.4) is 0 Å². The van der Waals surface area contributed by atoms with Gasteiger partial charge in [-0.1, -0.05) is 11.3 Å². The number of rotatable bonds is 2. The van der Waals surface area contributed by atoms with E-state index in [9.17, 15) is 0 Å². The van der Waals surface area contributed by atoms with Crippen LogP contribution in [0.2, 0.25) is 0 Å². The second-order valence-electron chi connectivity index (χ2n) is 5.88. The van der Waals surface area contributed by atoms with Gasteiger partial charge in [0.2, 0.25) is 5.13 Å². The van der Waals surface area contributed by atoms with E-state index >= 15 is 0 Å². The number of anilines is 1. The predicted molar refractivity (Wildman–Crippen MR) is 91.7 cm³/mol. The topological polar surface area (TPSA) is 50.7 Å². The number of hydrogen-bond acceptors (Lipinski definition) is 5. The van der Waals surface area contributed by atoms with Crippen molar-refractivity contribution >= 4 is 27.4 Å². The molecule has 4 rings (SSSR count). The van der Waals surface area contributed by atoms with Crippen molar-refractivity contribution in [2.45, 2.75) is 33.1 Å². The summed E-state index contributed by atoms with van der Waals surface area (Å²) in [5, 5.41) is 14.8. The number of nitrogens with one attached hydrogen (secondary N) is 1. The van der Waals surface area contributed by atoms with Crippen LogP contribution in [0.1, 0.15) is 28.8 Å². The number of pyridine rings is 1. The van der Waals surface area contributed by atoms with Crippen LogP contribution >= 0.6 is 11.3 Å². The molecule has 2 aromatic heterocycles. The molecule has 1 N–H and O–H groups in total. The average Bonchev–Trinajstić information content (AvgIpc) is 3.15. The van der Waals surface area contributed by atoms with Crippen molar-refractivity contribution in [1.29, 1.82) is 0 Å². The molecule has 5 heteroatoms. The van der Waals surface area contributed by atoms with Crippen molar-refractivity contribution in [3.8, 4) is 10.6 Å². The molecule has 0 bridgehead atoms. The molecule has 0 amide bonds. The Morgan fingerprint density at radius 3 is 2.68 bits per heavy atom. The molecule has 0 saturated heterocycles. The molecule has 3 aromatic rings. The fourth-order valence-corrected chi connectivity index (χ4v) is 3.98. The van der Waals surface area contributed by atoms with Gasteiger partial charge in [-0.25, -0.2) is 0 Å². The fraction of sp³-hybridized carbons (Fsp3) is 0.353. The van der Waals surface area contributed by atoms with Gasteiger partial charge in [0.15, 0.2) is 5.01 Å². The van der Waals surface area contributed by atoms with Gasteiger partial charge in [0.1, 0.15) is 0 Å². The molecule has 0 unspecified atom stereocenters. The van der Waals surface area contributed by atoms with Gasteiger partial charge in [-0.15, -0.1) is 10.2 Å². The number of aryl methyl sites for hydroxylation is 3. The quantitative estimate of drug-likeness (QED) is 0.780. The van der Waals surface area contributed by atoms with Gasteiger partial charge in [-0.2, -0.15) is 0 Å². The van der Waals surface area contributed by atoms with E-state index in [0.29, 0.717) is 0 Å². The maximum Gasteiger partial charge on any atom is 0.205 e. The van der Waals surface area contributed by atoms with Crippen LogP contribution in [-0.4, -0.2) is 22.2 Å². The Kier molecular flexibility index (Phi) is 3.11. The molecule has 2 heterocycles. The Morgan fingerprint density at radius 2 is 1.91 bits per heavy atom. The zero-order chi connectivity index (χ0) is 15.3. The maximum atomic E-state index is 4.91. The summed E-state index contributed by atoms with van der Waals surface area (Å²) < 4.78 is 0. The van der Waals surface area contributed by atoms with Crippen LogP contribution in [0.5, 0.6) is 0 Å². The van der Waals surface area contributed by atoms with Crippen LogP contribution in [-0.2, 0) is 12.8 Å². The standard InChI is InChI=1S/C17H18N4S/c1-9-7-12-14(8-10(9)2)19-13-6-4-5-11(13)15(12)16-20-21-17(18-3)22-16/h7-8H,4-6H2,1-3H3,(H,18,21). The normalized spacial score (nSPS) is 13.6. The van der Waals surface area contributed by atoms with Gasteiger partial charge in [-0.05, 0) is 61.9 Å². The van der Waals surface area contributed by atoms with Crippen molar-refractivity contribution in [3.63, 3.8) is 0 Å². The van der Waals surface area contributed by atoms with Crippen molar-refractivity contribution in [2.75, 3.05) is 12.4 Å². The van der Waals surface area contributed by atoms with Gasteiger partial charge in [0.25, 0.3) is 0 Å². The SMILES string of the molecule is CNc1nnc(-c2c3c(nc4cc(C)c(C)cc24)CCC3)s1. The molecule has 0 fully saturated rings. The summed E-state index contributed by atoms with van der Waals surface area (Å²) in [6, 6.07) is 4.46. The van der Waals surface area contributed by atoms with Gasteiger partial charge in [-0.3, -0.25) is 4.98 Å². The highest BCUT2D eigenvalue weighted by molar-refractivity contribution is 7.18. The molecular weight excluding hydrogens is 292 g/mol. The van der Waals surface area contributed by atoms with E-state index in [1.807, 2.05) is 7.05 Å². The monoisotopic (exact) mass is 310 g/mol. The predicted octanol–water partition coefficient (Wildman–Crippen LogP) is 3.90. The third-order valence-corrected chi connectivity index (χ3v) is 5.44. The molecule has 0 radical (unpaired) electrons. The third kappa shape index (κ3) is 2.00. The van der Waals surface area contributed by atoms with E-state index in [1.54, 1.807) is 11.3 Å². The van der Waals surface area contributed by atoms with Crippen molar-refractivity contribution in [3.05, 3.63) is 34.5 Å². The number of benzene rings is 1. The number of nitrogens with zero attached hydrogens (tertiary/aromatic N) is 3. The van der Waals surface area contributed by atoms with Gasteiger partial charge in [0.05, 0.1) is 5.52 Å². The van der Waals surface area contributed by atoms with Crippen LogP contribution in [0.15, 0.2) is 12.1 Å². The highest BCUT2D eigenvalue weighted by Crippen LogP contribution is 2.39. The Balaban J connectivity index is 2.08. The lowest BCUT2D eigenvalue weighted by Gasteiger charge is -2.12. The highest BCUT2D eigenvalue weighted by Gasteiger charge is 2.23. The molecule has 0 spiro atoms. The largest absolute Gasteiger partial charge is 0.363 e. The van der Waals surface area contributed by atoms with E-state index in [4.69, 9.17) is 4.98 Å². The molecule has 22 heavy (non-hydrogen) atoms. The summed E-state index contributed by atoms with van der Waals surface area (Å²) in [4.78, 5) is 4.91. The zero-order valence-electron chi connectivity index (χ0n) is 13.0. The minimum Gasteiger partial charge on any atom is -0.363 e. The lowest BCUT2D eigenvalue weighted by molar-refractivity contribution is 0.901. The number of hydrogen-bond donors (Lipinski definition) is 1. The smallest absolute Gasteiger partial charge is 0.205 e. The molecule has 0 saturated carbocycles. The minimum absolute atomic E-state index is 0.857. The van der Waals surface area contributed by atoms with Gasteiger partial charge in [0, 0.05) is 23.7 Å². The van der Waals surface area contributed by atoms with E-state index in [-0.39, 0.29) is 0 Å². The summed E-state index contributed by atoms with van der Waals surface area (Å²) in [5.41, 5.74) is 7.53. The molecule has 1 aromatic carbocycles. The van der Waals surface area contributed by atoms with Crippen molar-refractivity contribution in [1.82, 2.24) is 15.2 Å². The lowest BCUT2D eigenvalue weighted by atomic mass is 9.98. The first-order valence-electron chi connectivity index (χ1n) is 7.61. The summed E-state index contributed by atoms with van der Waals surface area (Å²) in [5.74, 6) is 0. The van der Waals surface area contributed by atoms with Crippen molar-refractivity contribution in [2.24, 2.45) is 0 Å². The molecule has 0 atom stereocenters. The van der Waals surface area contributed by atoms with E-state index < -0.39 is 0 Å². The summed E-state index contributed by atoms with van der Waals surface area (Å²) in [6.45, 7) is 4.30. The fourth-order valence-electron chi connectivity index (χ4n) is 3.19. The van der Waals surface area contributed by atoms with Crippen LogP contribution in [0.4, 0.5) is 5.13 Å². The van der Waals surface area contributed by atoms with Gasteiger partial charge < -0.3 is 5.32 Å². The highest BCUT2D eigenvalue weighted by atomic mass is 32.1. The first-order valence-corrected chi connectivity index (χ1v) is 8.43. The first kappa shape index (κ1) is 13.6. The second-order valence-corrected chi connectivity index (χ2v) is 6.86. The number of fused-ring (bicyclic) bond motifs is 2. The van der Waals surface area contributed by atoms with Crippen LogP contribution in [0, 0.1) is 13.8 Å². The Morgan fingerprint density at radius 1 is 1.09 bits per heavy atom. The Labute approximate surface area is 133 Å². The van der Waals surface area contributed by atoms with Gasteiger partial charge >= 0.3 is 0 Å². The summed E-state index contributed by atoms with van der Waals surface area (Å²) in [6.07, 6.45) is 3.35. The second kappa shape index (κ2) is 5.02. The maximum absolute atomic E-state index is 4.91. The molecule has 0 aliphatic heterocycles. The average molecular weight is 310 g/mol. The molecular formula is C17H18N4S.